The summed E-state index contributed by atoms with van der Waals surface area (Å²) < 4.78 is 10.6. The third-order valence-electron chi connectivity index (χ3n) is 4.26. The lowest BCUT2D eigenvalue weighted by Crippen LogP contribution is -2.53. The minimum Gasteiger partial charge on any atom is -0.373 e. The molecule has 1 aromatic carbocycles. The third kappa shape index (κ3) is 5.30. The second kappa shape index (κ2) is 8.64. The number of hydrogen-bond donors (Lipinski definition) is 2. The van der Waals surface area contributed by atoms with Crippen LogP contribution in [0.3, 0.4) is 0 Å². The van der Waals surface area contributed by atoms with Crippen molar-refractivity contribution in [3.05, 3.63) is 53.9 Å². The molecule has 2 atom stereocenters. The van der Waals surface area contributed by atoms with E-state index in [0.717, 1.165) is 19.6 Å². The van der Waals surface area contributed by atoms with Gasteiger partial charge in [0.1, 0.15) is 12.0 Å². The second-order valence-corrected chi connectivity index (χ2v) is 6.24. The Bertz CT molecular complexity index is 648. The normalized spacial score (nSPS) is 19.3. The SMILES string of the molecule is C[C@H](NC(=O)NCc1ccon1)[C@H]1CN(Cc2ccccc2)CCO1. The Hall–Kier alpha value is -2.38. The van der Waals surface area contributed by atoms with E-state index in [4.69, 9.17) is 9.26 Å². The van der Waals surface area contributed by atoms with E-state index in [1.165, 1.54) is 11.8 Å². The lowest BCUT2D eigenvalue weighted by atomic mass is 10.1. The number of morpholine rings is 1. The van der Waals surface area contributed by atoms with Gasteiger partial charge in [0, 0.05) is 25.7 Å². The minimum absolute atomic E-state index is 0.0322. The van der Waals surface area contributed by atoms with Gasteiger partial charge in [0.15, 0.2) is 0 Å². The Morgan fingerprint density at radius 3 is 2.96 bits per heavy atom. The van der Waals surface area contributed by atoms with E-state index in [1.54, 1.807) is 6.07 Å². The zero-order valence-corrected chi connectivity index (χ0v) is 14.4. The quantitative estimate of drug-likeness (QED) is 0.835. The molecular weight excluding hydrogens is 320 g/mol. The minimum atomic E-state index is -0.237. The zero-order chi connectivity index (χ0) is 17.5. The van der Waals surface area contributed by atoms with Gasteiger partial charge in [-0.05, 0) is 12.5 Å². The zero-order valence-electron chi connectivity index (χ0n) is 14.4. The van der Waals surface area contributed by atoms with E-state index in [1.807, 2.05) is 13.0 Å². The Balaban J connectivity index is 1.44. The lowest BCUT2D eigenvalue weighted by Gasteiger charge is -2.36. The summed E-state index contributed by atoms with van der Waals surface area (Å²) in [6.45, 7) is 5.55. The monoisotopic (exact) mass is 344 g/mol. The summed E-state index contributed by atoms with van der Waals surface area (Å²) in [6, 6.07) is 11.8. The number of aromatic nitrogens is 1. The standard InChI is InChI=1S/C18H24N4O3/c1-14(20-18(23)19-11-16-7-9-25-21-16)17-13-22(8-10-24-17)12-15-5-3-2-4-6-15/h2-7,9,14,17H,8,10-13H2,1H3,(H2,19,20,23)/t14-,17+/m0/s1. The van der Waals surface area contributed by atoms with Crippen molar-refractivity contribution in [2.45, 2.75) is 32.2 Å². The summed E-state index contributed by atoms with van der Waals surface area (Å²) in [6.07, 6.45) is 1.45. The van der Waals surface area contributed by atoms with Crippen molar-refractivity contribution in [2.75, 3.05) is 19.7 Å². The first-order valence-corrected chi connectivity index (χ1v) is 8.52. The van der Waals surface area contributed by atoms with E-state index in [2.05, 4.69) is 45.0 Å². The molecule has 2 N–H and O–H groups in total. The van der Waals surface area contributed by atoms with Gasteiger partial charge in [-0.2, -0.15) is 0 Å². The van der Waals surface area contributed by atoms with Crippen LogP contribution in [0.25, 0.3) is 0 Å². The van der Waals surface area contributed by atoms with Crippen LogP contribution in [0.2, 0.25) is 0 Å². The van der Waals surface area contributed by atoms with Crippen molar-refractivity contribution in [3.8, 4) is 0 Å². The van der Waals surface area contributed by atoms with Crippen LogP contribution >= 0.6 is 0 Å². The highest BCUT2D eigenvalue weighted by atomic mass is 16.5. The molecular formula is C18H24N4O3. The number of benzene rings is 1. The molecule has 1 fully saturated rings. The average molecular weight is 344 g/mol. The molecule has 0 radical (unpaired) electrons. The third-order valence-corrected chi connectivity index (χ3v) is 4.26. The molecule has 0 aliphatic carbocycles. The molecule has 0 saturated carbocycles. The van der Waals surface area contributed by atoms with Gasteiger partial charge in [-0.15, -0.1) is 0 Å². The van der Waals surface area contributed by atoms with Gasteiger partial charge in [-0.1, -0.05) is 35.5 Å². The van der Waals surface area contributed by atoms with Crippen LogP contribution in [0.4, 0.5) is 4.79 Å². The molecule has 1 aromatic heterocycles. The van der Waals surface area contributed by atoms with Crippen LogP contribution in [0.5, 0.6) is 0 Å². The maximum atomic E-state index is 12.0. The number of amides is 2. The van der Waals surface area contributed by atoms with Crippen molar-refractivity contribution >= 4 is 6.03 Å². The first kappa shape index (κ1) is 17.4. The molecule has 1 aliphatic heterocycles. The summed E-state index contributed by atoms with van der Waals surface area (Å²) in [5.41, 5.74) is 1.97. The number of nitrogens with zero attached hydrogens (tertiary/aromatic N) is 2. The Kier molecular flexibility index (Phi) is 6.03. The highest BCUT2D eigenvalue weighted by molar-refractivity contribution is 5.74. The predicted octanol–water partition coefficient (Wildman–Crippen LogP) is 1.76. The smallest absolute Gasteiger partial charge is 0.315 e. The van der Waals surface area contributed by atoms with E-state index in [0.29, 0.717) is 18.8 Å². The van der Waals surface area contributed by atoms with E-state index in [9.17, 15) is 4.79 Å². The largest absolute Gasteiger partial charge is 0.373 e. The van der Waals surface area contributed by atoms with Crippen LogP contribution in [0.1, 0.15) is 18.2 Å². The van der Waals surface area contributed by atoms with E-state index in [-0.39, 0.29) is 18.2 Å². The molecule has 2 heterocycles. The van der Waals surface area contributed by atoms with Crippen LogP contribution in [-0.2, 0) is 17.8 Å². The maximum Gasteiger partial charge on any atom is 0.315 e. The van der Waals surface area contributed by atoms with Crippen molar-refractivity contribution in [1.29, 1.82) is 0 Å². The molecule has 1 aliphatic rings. The van der Waals surface area contributed by atoms with E-state index >= 15 is 0 Å². The number of rotatable bonds is 6. The number of hydrogen-bond acceptors (Lipinski definition) is 5. The van der Waals surface area contributed by atoms with E-state index < -0.39 is 0 Å². The average Bonchev–Trinajstić information content (AvgIpc) is 3.15. The first-order valence-electron chi connectivity index (χ1n) is 8.52. The highest BCUT2D eigenvalue weighted by Gasteiger charge is 2.26. The fourth-order valence-electron chi connectivity index (χ4n) is 2.87. The number of urea groups is 1. The highest BCUT2D eigenvalue weighted by Crippen LogP contribution is 2.12. The number of ether oxygens (including phenoxy) is 1. The van der Waals surface area contributed by atoms with Crippen molar-refractivity contribution < 1.29 is 14.1 Å². The molecule has 134 valence electrons. The molecule has 3 rings (SSSR count). The van der Waals surface area contributed by atoms with Crippen LogP contribution in [-0.4, -0.2) is 47.9 Å². The fraction of sp³-hybridized carbons (Fsp3) is 0.444. The summed E-state index contributed by atoms with van der Waals surface area (Å²) >= 11 is 0. The van der Waals surface area contributed by atoms with Crippen LogP contribution in [0, 0.1) is 0 Å². The Morgan fingerprint density at radius 1 is 1.36 bits per heavy atom. The van der Waals surface area contributed by atoms with Crippen LogP contribution < -0.4 is 10.6 Å². The second-order valence-electron chi connectivity index (χ2n) is 6.24. The number of nitrogens with one attached hydrogen (secondary N) is 2. The van der Waals surface area contributed by atoms with Crippen molar-refractivity contribution in [3.63, 3.8) is 0 Å². The number of carbonyl (C=O) groups excluding carboxylic acids is 1. The topological polar surface area (TPSA) is 79.6 Å². The molecule has 7 nitrogen and oxygen atoms in total. The molecule has 0 bridgehead atoms. The van der Waals surface area contributed by atoms with Crippen LogP contribution in [0.15, 0.2) is 47.2 Å². The van der Waals surface area contributed by atoms with Crippen molar-refractivity contribution in [1.82, 2.24) is 20.7 Å². The Labute approximate surface area is 147 Å². The maximum absolute atomic E-state index is 12.0. The molecule has 2 amide bonds. The summed E-state index contributed by atoms with van der Waals surface area (Å²) in [5, 5.41) is 9.46. The molecule has 7 heteroatoms. The van der Waals surface area contributed by atoms with Gasteiger partial charge in [-0.25, -0.2) is 4.79 Å². The Morgan fingerprint density at radius 2 is 2.20 bits per heavy atom. The molecule has 25 heavy (non-hydrogen) atoms. The lowest BCUT2D eigenvalue weighted by molar-refractivity contribution is -0.0442. The molecule has 1 saturated heterocycles. The van der Waals surface area contributed by atoms with Gasteiger partial charge in [0.25, 0.3) is 0 Å². The molecule has 2 aromatic rings. The van der Waals surface area contributed by atoms with Gasteiger partial charge < -0.3 is 19.9 Å². The van der Waals surface area contributed by atoms with Crippen molar-refractivity contribution in [2.24, 2.45) is 0 Å². The van der Waals surface area contributed by atoms with Gasteiger partial charge >= 0.3 is 6.03 Å². The first-order chi connectivity index (χ1) is 12.2. The fourth-order valence-corrected chi connectivity index (χ4v) is 2.87. The molecule has 0 spiro atoms. The number of carbonyl (C=O) groups is 1. The molecule has 0 unspecified atom stereocenters. The summed E-state index contributed by atoms with van der Waals surface area (Å²) in [4.78, 5) is 14.4. The van der Waals surface area contributed by atoms with Gasteiger partial charge in [-0.3, -0.25) is 4.90 Å². The summed E-state index contributed by atoms with van der Waals surface area (Å²) in [7, 11) is 0. The summed E-state index contributed by atoms with van der Waals surface area (Å²) in [5.74, 6) is 0. The van der Waals surface area contributed by atoms with Gasteiger partial charge in [0.2, 0.25) is 0 Å². The van der Waals surface area contributed by atoms with Gasteiger partial charge in [0.05, 0.1) is 25.3 Å². The predicted molar refractivity (Wildman–Crippen MR) is 92.8 cm³/mol.